The standard InChI is InChI=1S/C14H22N4O.HI/c1-10(2)12-5-4-6-13(9-12)18-14(15)17-8-7-16-11(3)19;/h4-6,9-10H,7-8H2,1-3H3,(H,16,19)(H3,15,17,18);1H. The molecule has 0 aliphatic heterocycles. The second kappa shape index (κ2) is 9.57. The zero-order valence-corrected chi connectivity index (χ0v) is 14.5. The van der Waals surface area contributed by atoms with E-state index >= 15 is 0 Å². The van der Waals surface area contributed by atoms with E-state index in [1.165, 1.54) is 12.5 Å². The van der Waals surface area contributed by atoms with E-state index in [0.29, 0.717) is 25.0 Å². The third-order valence-electron chi connectivity index (χ3n) is 2.59. The molecule has 0 radical (unpaired) electrons. The van der Waals surface area contributed by atoms with E-state index in [1.807, 2.05) is 12.1 Å². The molecular weight excluding hydrogens is 367 g/mol. The number of nitrogens with one attached hydrogen (secondary N) is 2. The van der Waals surface area contributed by atoms with Gasteiger partial charge in [-0.05, 0) is 23.6 Å². The van der Waals surface area contributed by atoms with Crippen molar-refractivity contribution >= 4 is 41.5 Å². The van der Waals surface area contributed by atoms with Crippen molar-refractivity contribution in [1.29, 1.82) is 0 Å². The average Bonchev–Trinajstić information content (AvgIpc) is 2.34. The maximum absolute atomic E-state index is 10.7. The van der Waals surface area contributed by atoms with Crippen LogP contribution >= 0.6 is 24.0 Å². The summed E-state index contributed by atoms with van der Waals surface area (Å²) >= 11 is 0. The normalized spacial score (nSPS) is 10.9. The van der Waals surface area contributed by atoms with E-state index in [4.69, 9.17) is 5.73 Å². The molecule has 1 rings (SSSR count). The van der Waals surface area contributed by atoms with Gasteiger partial charge in [0.15, 0.2) is 5.96 Å². The SMILES string of the molecule is CC(=O)NCCN=C(N)Nc1cccc(C(C)C)c1.I. The number of nitrogens with two attached hydrogens (primary N) is 1. The molecular formula is C14H23IN4O. The molecule has 5 nitrogen and oxygen atoms in total. The second-order valence-electron chi connectivity index (χ2n) is 4.66. The zero-order valence-electron chi connectivity index (χ0n) is 12.1. The summed E-state index contributed by atoms with van der Waals surface area (Å²) < 4.78 is 0. The number of carbonyl (C=O) groups is 1. The van der Waals surface area contributed by atoms with Gasteiger partial charge in [-0.15, -0.1) is 24.0 Å². The van der Waals surface area contributed by atoms with Crippen molar-refractivity contribution in [3.8, 4) is 0 Å². The summed E-state index contributed by atoms with van der Waals surface area (Å²) in [5, 5.41) is 5.70. The zero-order chi connectivity index (χ0) is 14.3. The van der Waals surface area contributed by atoms with Crippen molar-refractivity contribution in [3.63, 3.8) is 0 Å². The number of guanidine groups is 1. The van der Waals surface area contributed by atoms with Gasteiger partial charge in [-0.1, -0.05) is 26.0 Å². The number of halogens is 1. The third kappa shape index (κ3) is 7.32. The van der Waals surface area contributed by atoms with Crippen LogP contribution in [0.4, 0.5) is 5.69 Å². The van der Waals surface area contributed by atoms with Crippen LogP contribution in [0, 0.1) is 0 Å². The average molecular weight is 390 g/mol. The first-order chi connectivity index (χ1) is 8.99. The van der Waals surface area contributed by atoms with Crippen molar-refractivity contribution in [2.24, 2.45) is 10.7 Å². The van der Waals surface area contributed by atoms with Crippen LogP contribution in [0.2, 0.25) is 0 Å². The summed E-state index contributed by atoms with van der Waals surface area (Å²) in [6.07, 6.45) is 0. The first-order valence-electron chi connectivity index (χ1n) is 6.40. The lowest BCUT2D eigenvalue weighted by atomic mass is 10.0. The number of amides is 1. The summed E-state index contributed by atoms with van der Waals surface area (Å²) in [5.41, 5.74) is 7.94. The molecule has 112 valence electrons. The Kier molecular flexibility index (Phi) is 8.94. The first kappa shape index (κ1) is 18.7. The lowest BCUT2D eigenvalue weighted by Crippen LogP contribution is -2.27. The Bertz CT molecular complexity index is 460. The van der Waals surface area contributed by atoms with Crippen LogP contribution in [0.25, 0.3) is 0 Å². The maximum Gasteiger partial charge on any atom is 0.216 e. The lowest BCUT2D eigenvalue weighted by molar-refractivity contribution is -0.118. The van der Waals surface area contributed by atoms with E-state index in [1.54, 1.807) is 0 Å². The summed E-state index contributed by atoms with van der Waals surface area (Å²) in [6.45, 7) is 6.71. The van der Waals surface area contributed by atoms with Gasteiger partial charge in [0, 0.05) is 19.2 Å². The van der Waals surface area contributed by atoms with E-state index < -0.39 is 0 Å². The van der Waals surface area contributed by atoms with Gasteiger partial charge in [-0.3, -0.25) is 9.79 Å². The summed E-state index contributed by atoms with van der Waals surface area (Å²) in [5.74, 6) is 0.761. The highest BCUT2D eigenvalue weighted by atomic mass is 127. The van der Waals surface area contributed by atoms with Gasteiger partial charge in [0.1, 0.15) is 0 Å². The van der Waals surface area contributed by atoms with Crippen LogP contribution in [0.5, 0.6) is 0 Å². The monoisotopic (exact) mass is 390 g/mol. The van der Waals surface area contributed by atoms with E-state index in [-0.39, 0.29) is 29.9 Å². The second-order valence-corrected chi connectivity index (χ2v) is 4.66. The Labute approximate surface area is 137 Å². The Morgan fingerprint density at radius 1 is 1.40 bits per heavy atom. The van der Waals surface area contributed by atoms with Gasteiger partial charge in [0.25, 0.3) is 0 Å². The number of benzene rings is 1. The summed E-state index contributed by atoms with van der Waals surface area (Å²) in [7, 11) is 0. The number of nitrogens with zero attached hydrogens (tertiary/aromatic N) is 1. The highest BCUT2D eigenvalue weighted by molar-refractivity contribution is 14.0. The molecule has 0 bridgehead atoms. The highest BCUT2D eigenvalue weighted by Gasteiger charge is 2.01. The van der Waals surface area contributed by atoms with Crippen LogP contribution in [-0.4, -0.2) is 25.0 Å². The van der Waals surface area contributed by atoms with Crippen molar-refractivity contribution in [3.05, 3.63) is 29.8 Å². The molecule has 0 fully saturated rings. The Hall–Kier alpha value is -1.31. The fourth-order valence-electron chi connectivity index (χ4n) is 1.57. The number of rotatable bonds is 5. The van der Waals surface area contributed by atoms with E-state index in [0.717, 1.165) is 5.69 Å². The molecule has 0 aliphatic rings. The van der Waals surface area contributed by atoms with Crippen LogP contribution < -0.4 is 16.4 Å². The lowest BCUT2D eigenvalue weighted by Gasteiger charge is -2.10. The molecule has 1 amide bonds. The summed E-state index contributed by atoms with van der Waals surface area (Å²) in [6, 6.07) is 8.07. The molecule has 0 saturated heterocycles. The molecule has 0 aliphatic carbocycles. The minimum atomic E-state index is -0.0636. The molecule has 20 heavy (non-hydrogen) atoms. The molecule has 0 atom stereocenters. The molecule has 1 aromatic rings. The molecule has 0 unspecified atom stereocenters. The van der Waals surface area contributed by atoms with Gasteiger partial charge in [0.2, 0.25) is 5.91 Å². The predicted molar refractivity (Wildman–Crippen MR) is 94.7 cm³/mol. The van der Waals surface area contributed by atoms with Crippen LogP contribution in [-0.2, 0) is 4.79 Å². The summed E-state index contributed by atoms with van der Waals surface area (Å²) in [4.78, 5) is 14.8. The van der Waals surface area contributed by atoms with Crippen LogP contribution in [0.15, 0.2) is 29.3 Å². The highest BCUT2D eigenvalue weighted by Crippen LogP contribution is 2.18. The minimum Gasteiger partial charge on any atom is -0.370 e. The van der Waals surface area contributed by atoms with Gasteiger partial charge >= 0.3 is 0 Å². The number of hydrogen-bond donors (Lipinski definition) is 3. The van der Waals surface area contributed by atoms with Crippen LogP contribution in [0.3, 0.4) is 0 Å². The van der Waals surface area contributed by atoms with Crippen molar-refractivity contribution < 1.29 is 4.79 Å². The molecule has 0 saturated carbocycles. The minimum absolute atomic E-state index is 0. The number of carbonyl (C=O) groups excluding carboxylic acids is 1. The Morgan fingerprint density at radius 3 is 2.70 bits per heavy atom. The molecule has 0 spiro atoms. The fourth-order valence-corrected chi connectivity index (χ4v) is 1.57. The largest absolute Gasteiger partial charge is 0.370 e. The van der Waals surface area contributed by atoms with Gasteiger partial charge in [-0.2, -0.15) is 0 Å². The van der Waals surface area contributed by atoms with E-state index in [9.17, 15) is 4.79 Å². The number of hydrogen-bond acceptors (Lipinski definition) is 2. The topological polar surface area (TPSA) is 79.5 Å². The molecule has 1 aromatic carbocycles. The number of aliphatic imine (C=N–C) groups is 1. The van der Waals surface area contributed by atoms with Gasteiger partial charge < -0.3 is 16.4 Å². The first-order valence-corrected chi connectivity index (χ1v) is 6.40. The quantitative estimate of drug-likeness (QED) is 0.312. The predicted octanol–water partition coefficient (Wildman–Crippen LogP) is 2.29. The Balaban J connectivity index is 0.00000361. The van der Waals surface area contributed by atoms with Crippen LogP contribution in [0.1, 0.15) is 32.3 Å². The smallest absolute Gasteiger partial charge is 0.216 e. The molecule has 0 heterocycles. The molecule has 4 N–H and O–H groups in total. The van der Waals surface area contributed by atoms with Gasteiger partial charge in [-0.25, -0.2) is 0 Å². The van der Waals surface area contributed by atoms with Crippen molar-refractivity contribution in [2.45, 2.75) is 26.7 Å². The Morgan fingerprint density at radius 2 is 2.10 bits per heavy atom. The molecule has 6 heteroatoms. The van der Waals surface area contributed by atoms with Crippen molar-refractivity contribution in [1.82, 2.24) is 5.32 Å². The van der Waals surface area contributed by atoms with Gasteiger partial charge in [0.05, 0.1) is 6.54 Å². The third-order valence-corrected chi connectivity index (χ3v) is 2.59. The number of anilines is 1. The van der Waals surface area contributed by atoms with Crippen molar-refractivity contribution in [2.75, 3.05) is 18.4 Å². The van der Waals surface area contributed by atoms with E-state index in [2.05, 4.69) is 41.6 Å². The maximum atomic E-state index is 10.7. The molecule has 0 aromatic heterocycles. The fraction of sp³-hybridized carbons (Fsp3) is 0.429.